The highest BCUT2D eigenvalue weighted by atomic mass is 16.5. The first-order valence-corrected chi connectivity index (χ1v) is 7.80. The molecule has 0 saturated carbocycles. The second-order valence-corrected chi connectivity index (χ2v) is 5.86. The van der Waals surface area contributed by atoms with Crippen molar-refractivity contribution in [1.82, 2.24) is 5.32 Å². The van der Waals surface area contributed by atoms with E-state index in [1.165, 1.54) is 0 Å². The fourth-order valence-corrected chi connectivity index (χ4v) is 2.97. The predicted octanol–water partition coefficient (Wildman–Crippen LogP) is 1.71. The van der Waals surface area contributed by atoms with E-state index in [1.807, 2.05) is 0 Å². The molecule has 6 heteroatoms. The van der Waals surface area contributed by atoms with E-state index in [0.717, 1.165) is 25.7 Å². The minimum absolute atomic E-state index is 0.0536. The van der Waals surface area contributed by atoms with Crippen LogP contribution in [0.1, 0.15) is 53.5 Å². The first-order valence-electron chi connectivity index (χ1n) is 7.80. The minimum Gasteiger partial charge on any atom is -0.424 e. The van der Waals surface area contributed by atoms with Gasteiger partial charge in [-0.25, -0.2) is 4.79 Å². The van der Waals surface area contributed by atoms with Crippen molar-refractivity contribution >= 4 is 5.91 Å². The van der Waals surface area contributed by atoms with E-state index in [1.54, 1.807) is 13.0 Å². The molecule has 2 fully saturated rings. The molecule has 2 aliphatic heterocycles. The van der Waals surface area contributed by atoms with Gasteiger partial charge in [0.15, 0.2) is 0 Å². The number of nitrogens with one attached hydrogen (secondary N) is 1. The Hall–Kier alpha value is -1.66. The van der Waals surface area contributed by atoms with Gasteiger partial charge in [0.05, 0.1) is 0 Å². The molecular formula is C16H21NO5. The fourth-order valence-electron chi connectivity index (χ4n) is 2.97. The molecule has 22 heavy (non-hydrogen) atoms. The van der Waals surface area contributed by atoms with Crippen molar-refractivity contribution in [1.29, 1.82) is 0 Å². The lowest BCUT2D eigenvalue weighted by molar-refractivity contribution is 0.0691. The molecule has 120 valence electrons. The maximum Gasteiger partial charge on any atom is 0.349 e. The molecule has 0 spiro atoms. The van der Waals surface area contributed by atoms with Gasteiger partial charge in [-0.2, -0.15) is 0 Å². The molecule has 1 amide bonds. The van der Waals surface area contributed by atoms with E-state index in [0.29, 0.717) is 31.1 Å². The lowest BCUT2D eigenvalue weighted by atomic mass is 10.1. The molecule has 1 atom stereocenters. The molecule has 1 unspecified atom stereocenters. The van der Waals surface area contributed by atoms with Crippen molar-refractivity contribution in [3.63, 3.8) is 0 Å². The molecule has 0 bridgehead atoms. The second-order valence-electron chi connectivity index (χ2n) is 5.86. The summed E-state index contributed by atoms with van der Waals surface area (Å²) in [6.45, 7) is 3.71. The van der Waals surface area contributed by atoms with Crippen molar-refractivity contribution in [3.8, 4) is 0 Å². The molecule has 0 radical (unpaired) electrons. The Labute approximate surface area is 128 Å². The van der Waals surface area contributed by atoms with Crippen molar-refractivity contribution in [3.05, 3.63) is 33.4 Å². The fraction of sp³-hybridized carbons (Fsp3) is 0.625. The quantitative estimate of drug-likeness (QED) is 0.920. The molecule has 3 heterocycles. The number of aryl methyl sites for hydroxylation is 1. The van der Waals surface area contributed by atoms with Crippen LogP contribution in [0.5, 0.6) is 0 Å². The van der Waals surface area contributed by atoms with Gasteiger partial charge >= 0.3 is 5.63 Å². The van der Waals surface area contributed by atoms with Gasteiger partial charge in [-0.3, -0.25) is 4.79 Å². The summed E-state index contributed by atoms with van der Waals surface area (Å²) in [5, 5.41) is 2.90. The zero-order valence-corrected chi connectivity index (χ0v) is 12.7. The molecule has 1 aromatic rings. The average molecular weight is 307 g/mol. The molecule has 6 nitrogen and oxygen atoms in total. The van der Waals surface area contributed by atoms with Gasteiger partial charge in [0.25, 0.3) is 5.91 Å². The number of carbonyl (C=O) groups excluding carboxylic acids is 1. The monoisotopic (exact) mass is 307 g/mol. The normalized spacial score (nSPS) is 22.7. The first-order chi connectivity index (χ1) is 10.6. The van der Waals surface area contributed by atoms with Crippen molar-refractivity contribution in [2.45, 2.75) is 44.8 Å². The van der Waals surface area contributed by atoms with Gasteiger partial charge in [0, 0.05) is 25.9 Å². The van der Waals surface area contributed by atoms with Gasteiger partial charge in [0.1, 0.15) is 17.4 Å². The van der Waals surface area contributed by atoms with Crippen LogP contribution >= 0.6 is 0 Å². The van der Waals surface area contributed by atoms with E-state index in [9.17, 15) is 9.59 Å². The number of ether oxygens (including phenoxy) is 2. The molecule has 1 aromatic heterocycles. The zero-order chi connectivity index (χ0) is 15.5. The van der Waals surface area contributed by atoms with E-state index >= 15 is 0 Å². The largest absolute Gasteiger partial charge is 0.424 e. The van der Waals surface area contributed by atoms with E-state index in [2.05, 4.69) is 5.32 Å². The number of carbonyl (C=O) groups is 1. The summed E-state index contributed by atoms with van der Waals surface area (Å²) < 4.78 is 16.1. The van der Waals surface area contributed by atoms with Crippen LogP contribution in [-0.2, 0) is 9.47 Å². The van der Waals surface area contributed by atoms with Crippen molar-refractivity contribution < 1.29 is 18.7 Å². The summed E-state index contributed by atoms with van der Waals surface area (Å²) >= 11 is 0. The van der Waals surface area contributed by atoms with Gasteiger partial charge in [0.2, 0.25) is 0 Å². The average Bonchev–Trinajstić information content (AvgIpc) is 3.01. The summed E-state index contributed by atoms with van der Waals surface area (Å²) in [5.41, 5.74) is 0.134. The Balaban J connectivity index is 1.77. The van der Waals surface area contributed by atoms with Crippen LogP contribution in [0.4, 0.5) is 0 Å². The lowest BCUT2D eigenvalue weighted by Crippen LogP contribution is -2.41. The Kier molecular flexibility index (Phi) is 4.59. The Morgan fingerprint density at radius 3 is 2.64 bits per heavy atom. The number of hydrogen-bond donors (Lipinski definition) is 1. The van der Waals surface area contributed by atoms with Crippen molar-refractivity contribution in [2.24, 2.45) is 0 Å². The third kappa shape index (κ3) is 3.23. The SMILES string of the molecule is Cc1cc(C2CCCO2)oc(=O)c1C(=O)NC1CCOCC1. The molecule has 0 aromatic carbocycles. The highest BCUT2D eigenvalue weighted by Gasteiger charge is 2.25. The Morgan fingerprint density at radius 1 is 1.23 bits per heavy atom. The smallest absolute Gasteiger partial charge is 0.349 e. The maximum absolute atomic E-state index is 12.3. The van der Waals surface area contributed by atoms with Gasteiger partial charge < -0.3 is 19.2 Å². The van der Waals surface area contributed by atoms with E-state index < -0.39 is 5.63 Å². The molecule has 3 rings (SSSR count). The van der Waals surface area contributed by atoms with Crippen LogP contribution < -0.4 is 10.9 Å². The summed E-state index contributed by atoms with van der Waals surface area (Å²) in [5.74, 6) is 0.152. The standard InChI is InChI=1S/C16H21NO5/c1-10-9-13(12-3-2-6-21-12)22-16(19)14(10)15(18)17-11-4-7-20-8-5-11/h9,11-12H,2-8H2,1H3,(H,17,18). The third-order valence-corrected chi connectivity index (χ3v) is 4.20. The minimum atomic E-state index is -0.588. The van der Waals surface area contributed by atoms with Crippen molar-refractivity contribution in [2.75, 3.05) is 19.8 Å². The highest BCUT2D eigenvalue weighted by molar-refractivity contribution is 5.95. The molecule has 0 aliphatic carbocycles. The summed E-state index contributed by atoms with van der Waals surface area (Å²) in [7, 11) is 0. The second kappa shape index (κ2) is 6.62. The Morgan fingerprint density at radius 2 is 2.00 bits per heavy atom. The molecule has 2 saturated heterocycles. The molecule has 1 N–H and O–H groups in total. The van der Waals surface area contributed by atoms with E-state index in [4.69, 9.17) is 13.9 Å². The highest BCUT2D eigenvalue weighted by Crippen LogP contribution is 2.28. The molecular weight excluding hydrogens is 286 g/mol. The molecule has 2 aliphatic rings. The van der Waals surface area contributed by atoms with Gasteiger partial charge in [-0.05, 0) is 44.2 Å². The van der Waals surface area contributed by atoms with Crippen LogP contribution in [0.25, 0.3) is 0 Å². The maximum atomic E-state index is 12.3. The summed E-state index contributed by atoms with van der Waals surface area (Å²) in [6, 6.07) is 1.80. The summed E-state index contributed by atoms with van der Waals surface area (Å²) in [6.07, 6.45) is 3.17. The lowest BCUT2D eigenvalue weighted by Gasteiger charge is -2.23. The number of amides is 1. The van der Waals surface area contributed by atoms with Crippen LogP contribution in [0.3, 0.4) is 0 Å². The van der Waals surface area contributed by atoms with Crippen LogP contribution in [0, 0.1) is 6.92 Å². The summed E-state index contributed by atoms with van der Waals surface area (Å²) in [4.78, 5) is 24.5. The van der Waals surface area contributed by atoms with Crippen LogP contribution in [-0.4, -0.2) is 31.8 Å². The number of rotatable bonds is 3. The van der Waals surface area contributed by atoms with Crippen LogP contribution in [0.2, 0.25) is 0 Å². The van der Waals surface area contributed by atoms with Crippen LogP contribution in [0.15, 0.2) is 15.3 Å². The zero-order valence-electron chi connectivity index (χ0n) is 12.7. The van der Waals surface area contributed by atoms with Gasteiger partial charge in [-0.1, -0.05) is 0 Å². The predicted molar refractivity (Wildman–Crippen MR) is 78.9 cm³/mol. The topological polar surface area (TPSA) is 77.8 Å². The third-order valence-electron chi connectivity index (χ3n) is 4.20. The number of hydrogen-bond acceptors (Lipinski definition) is 5. The first kappa shape index (κ1) is 15.2. The Bertz CT molecular complexity index is 597. The van der Waals surface area contributed by atoms with Gasteiger partial charge in [-0.15, -0.1) is 0 Å². The van der Waals surface area contributed by atoms with E-state index in [-0.39, 0.29) is 23.6 Å².